The third-order valence-corrected chi connectivity index (χ3v) is 4.73. The van der Waals surface area contributed by atoms with Crippen LogP contribution in [0, 0.1) is 6.92 Å². The van der Waals surface area contributed by atoms with Crippen LogP contribution in [0.2, 0.25) is 0 Å². The van der Waals surface area contributed by atoms with Crippen molar-refractivity contribution >= 4 is 31.5 Å². The highest BCUT2D eigenvalue weighted by molar-refractivity contribution is 7.25. The van der Waals surface area contributed by atoms with E-state index >= 15 is 0 Å². The number of nitrogens with zero attached hydrogens (tertiary/aromatic N) is 2. The van der Waals surface area contributed by atoms with E-state index in [0.29, 0.717) is 0 Å². The Hall–Kier alpha value is -2.26. The van der Waals surface area contributed by atoms with Crippen molar-refractivity contribution in [3.05, 3.63) is 60.7 Å². The molecule has 0 atom stereocenters. The Bertz CT molecular complexity index is 910. The predicted molar refractivity (Wildman–Crippen MR) is 85.1 cm³/mol. The number of thiophene rings is 1. The Morgan fingerprint density at radius 2 is 1.75 bits per heavy atom. The molecule has 2 aromatic carbocycles. The van der Waals surface area contributed by atoms with Gasteiger partial charge in [-0.05, 0) is 36.2 Å². The van der Waals surface area contributed by atoms with Crippen LogP contribution in [0.15, 0.2) is 55.1 Å². The summed E-state index contributed by atoms with van der Waals surface area (Å²) in [7, 11) is 0. The summed E-state index contributed by atoms with van der Waals surface area (Å²) in [6, 6.07) is 13.1. The number of aryl methyl sites for hydroxylation is 1. The predicted octanol–water partition coefficient (Wildman–Crippen LogP) is 4.82. The number of benzene rings is 2. The van der Waals surface area contributed by atoms with Gasteiger partial charge in [0.2, 0.25) is 0 Å². The summed E-state index contributed by atoms with van der Waals surface area (Å²) in [6.07, 6.45) is 5.28. The van der Waals surface area contributed by atoms with Crippen molar-refractivity contribution in [2.45, 2.75) is 6.92 Å². The zero-order valence-corrected chi connectivity index (χ0v) is 11.8. The first-order valence-corrected chi connectivity index (χ1v) is 7.32. The summed E-state index contributed by atoms with van der Waals surface area (Å²) >= 11 is 1.85. The van der Waals surface area contributed by atoms with Gasteiger partial charge < -0.3 is 0 Å². The lowest BCUT2D eigenvalue weighted by molar-refractivity contribution is 1.17. The first-order chi connectivity index (χ1) is 9.83. The molecular weight excluding hydrogens is 264 g/mol. The smallest absolute Gasteiger partial charge is 0.115 e. The van der Waals surface area contributed by atoms with Crippen molar-refractivity contribution in [2.75, 3.05) is 0 Å². The van der Waals surface area contributed by atoms with E-state index in [0.717, 1.165) is 5.56 Å². The van der Waals surface area contributed by atoms with Crippen LogP contribution in [-0.2, 0) is 0 Å². The largest absolute Gasteiger partial charge is 0.244 e. The van der Waals surface area contributed by atoms with Gasteiger partial charge in [0.1, 0.15) is 6.33 Å². The lowest BCUT2D eigenvalue weighted by atomic mass is 10.0. The van der Waals surface area contributed by atoms with Gasteiger partial charge in [0, 0.05) is 38.1 Å². The lowest BCUT2D eigenvalue weighted by Gasteiger charge is -2.01. The number of rotatable bonds is 1. The number of aromatic nitrogens is 2. The molecule has 0 radical (unpaired) electrons. The Morgan fingerprint density at radius 3 is 2.60 bits per heavy atom. The molecule has 0 aliphatic heterocycles. The van der Waals surface area contributed by atoms with E-state index in [9.17, 15) is 0 Å². The quantitative estimate of drug-likeness (QED) is 0.498. The third-order valence-electron chi connectivity index (χ3n) is 3.60. The molecule has 0 unspecified atom stereocenters. The van der Waals surface area contributed by atoms with Crippen molar-refractivity contribution in [1.82, 2.24) is 9.97 Å². The van der Waals surface area contributed by atoms with E-state index in [1.165, 1.54) is 31.3 Å². The van der Waals surface area contributed by atoms with Gasteiger partial charge in [0.15, 0.2) is 0 Å². The van der Waals surface area contributed by atoms with Crippen LogP contribution < -0.4 is 0 Å². The first kappa shape index (κ1) is 11.6. The van der Waals surface area contributed by atoms with Gasteiger partial charge in [0.05, 0.1) is 0 Å². The Labute approximate surface area is 120 Å². The van der Waals surface area contributed by atoms with Crippen molar-refractivity contribution in [3.63, 3.8) is 0 Å². The van der Waals surface area contributed by atoms with Gasteiger partial charge in [-0.2, -0.15) is 0 Å². The van der Waals surface area contributed by atoms with E-state index < -0.39 is 0 Å². The Balaban J connectivity index is 2.06. The molecule has 2 aromatic heterocycles. The maximum Gasteiger partial charge on any atom is 0.115 e. The highest BCUT2D eigenvalue weighted by atomic mass is 32.1. The molecule has 0 fully saturated rings. The van der Waals surface area contributed by atoms with E-state index in [1.54, 1.807) is 6.33 Å². The van der Waals surface area contributed by atoms with Gasteiger partial charge in [-0.15, -0.1) is 11.3 Å². The summed E-state index contributed by atoms with van der Waals surface area (Å²) in [5.41, 5.74) is 3.55. The summed E-state index contributed by atoms with van der Waals surface area (Å²) in [4.78, 5) is 8.20. The van der Waals surface area contributed by atoms with E-state index in [1.807, 2.05) is 23.7 Å². The minimum absolute atomic E-state index is 1.06. The average molecular weight is 276 g/mol. The van der Waals surface area contributed by atoms with Gasteiger partial charge in [-0.25, -0.2) is 9.97 Å². The summed E-state index contributed by atoms with van der Waals surface area (Å²) < 4.78 is 2.68. The van der Waals surface area contributed by atoms with Crippen LogP contribution in [-0.4, -0.2) is 9.97 Å². The molecule has 0 bridgehead atoms. The molecule has 3 heteroatoms. The van der Waals surface area contributed by atoms with Crippen molar-refractivity contribution in [1.29, 1.82) is 0 Å². The van der Waals surface area contributed by atoms with Gasteiger partial charge in [0.25, 0.3) is 0 Å². The average Bonchev–Trinajstić information content (AvgIpc) is 2.87. The van der Waals surface area contributed by atoms with Gasteiger partial charge in [-0.1, -0.05) is 18.2 Å². The highest BCUT2D eigenvalue weighted by Gasteiger charge is 2.08. The Kier molecular flexibility index (Phi) is 2.54. The minimum atomic E-state index is 1.06. The van der Waals surface area contributed by atoms with Crippen LogP contribution in [0.3, 0.4) is 0 Å². The van der Waals surface area contributed by atoms with E-state index in [-0.39, 0.29) is 0 Å². The van der Waals surface area contributed by atoms with Crippen molar-refractivity contribution in [2.24, 2.45) is 0 Å². The molecule has 4 rings (SSSR count). The van der Waals surface area contributed by atoms with Crippen molar-refractivity contribution in [3.8, 4) is 11.1 Å². The fourth-order valence-corrected chi connectivity index (χ4v) is 3.80. The highest BCUT2D eigenvalue weighted by Crippen LogP contribution is 2.37. The van der Waals surface area contributed by atoms with Gasteiger partial charge >= 0.3 is 0 Å². The summed E-state index contributed by atoms with van der Waals surface area (Å²) in [5.74, 6) is 0. The topological polar surface area (TPSA) is 25.8 Å². The van der Waals surface area contributed by atoms with Crippen LogP contribution in [0.25, 0.3) is 31.3 Å². The number of hydrogen-bond acceptors (Lipinski definition) is 3. The second-order valence-corrected chi connectivity index (χ2v) is 5.97. The molecule has 4 aromatic rings. The van der Waals surface area contributed by atoms with Crippen molar-refractivity contribution < 1.29 is 0 Å². The molecule has 0 saturated heterocycles. The minimum Gasteiger partial charge on any atom is -0.244 e. The monoisotopic (exact) mass is 276 g/mol. The van der Waals surface area contributed by atoms with Crippen LogP contribution in [0.5, 0.6) is 0 Å². The molecule has 0 aliphatic carbocycles. The first-order valence-electron chi connectivity index (χ1n) is 6.50. The molecule has 0 amide bonds. The Morgan fingerprint density at radius 1 is 0.900 bits per heavy atom. The maximum absolute atomic E-state index is 4.10. The van der Waals surface area contributed by atoms with Gasteiger partial charge in [-0.3, -0.25) is 0 Å². The molecule has 0 N–H and O–H groups in total. The van der Waals surface area contributed by atoms with Crippen LogP contribution >= 0.6 is 11.3 Å². The number of fused-ring (bicyclic) bond motifs is 3. The normalized spacial score (nSPS) is 11.2. The fraction of sp³-hybridized carbons (Fsp3) is 0.0588. The second-order valence-electron chi connectivity index (χ2n) is 4.89. The third kappa shape index (κ3) is 1.71. The van der Waals surface area contributed by atoms with Crippen LogP contribution in [0.1, 0.15) is 5.56 Å². The SMILES string of the molecule is Cc1cccc2sc3ccc(-c4cncnc4)cc3c12. The molecule has 2 nitrogen and oxygen atoms in total. The molecule has 0 spiro atoms. The number of hydrogen-bond donors (Lipinski definition) is 0. The summed E-state index contributed by atoms with van der Waals surface area (Å²) in [6.45, 7) is 2.17. The zero-order chi connectivity index (χ0) is 13.5. The molecule has 96 valence electrons. The fourth-order valence-electron chi connectivity index (χ4n) is 2.63. The van der Waals surface area contributed by atoms with Crippen LogP contribution in [0.4, 0.5) is 0 Å². The molecular formula is C17H12N2S. The zero-order valence-electron chi connectivity index (χ0n) is 11.0. The second kappa shape index (κ2) is 4.39. The van der Waals surface area contributed by atoms with E-state index in [2.05, 4.69) is 53.3 Å². The molecule has 0 saturated carbocycles. The molecule has 0 aliphatic rings. The maximum atomic E-state index is 4.10. The van der Waals surface area contributed by atoms with E-state index in [4.69, 9.17) is 0 Å². The lowest BCUT2D eigenvalue weighted by Crippen LogP contribution is -1.81. The molecule has 20 heavy (non-hydrogen) atoms. The summed E-state index contributed by atoms with van der Waals surface area (Å²) in [5, 5.41) is 2.69. The molecule has 2 heterocycles. The standard InChI is InChI=1S/C17H12N2S/c1-11-3-2-4-16-17(11)14-7-12(5-6-15(14)20-16)13-8-18-10-19-9-13/h2-10H,1H3.